The molecule has 0 aromatic carbocycles. The number of hydrogen-bond donors (Lipinski definition) is 2. The fraction of sp³-hybridized carbons (Fsp3) is 1.00. The maximum atomic E-state index is 10.0. The molecule has 0 aromatic heterocycles. The summed E-state index contributed by atoms with van der Waals surface area (Å²) in [6.45, 7) is 20.0. The van der Waals surface area contributed by atoms with Gasteiger partial charge in [-0.05, 0) is 44.7 Å². The van der Waals surface area contributed by atoms with Crippen molar-refractivity contribution in [1.29, 1.82) is 0 Å². The summed E-state index contributed by atoms with van der Waals surface area (Å²) >= 11 is 0. The first-order valence-corrected chi connectivity index (χ1v) is 8.27. The van der Waals surface area contributed by atoms with E-state index < -0.39 is 5.60 Å². The van der Waals surface area contributed by atoms with Gasteiger partial charge in [-0.25, -0.2) is 0 Å². The Balaban J connectivity index is 4.53. The number of nitrogens with zero attached hydrogens (tertiary/aromatic N) is 1. The van der Waals surface area contributed by atoms with E-state index in [2.05, 4.69) is 44.8 Å². The highest BCUT2D eigenvalue weighted by atomic mass is 16.3. The van der Waals surface area contributed by atoms with Gasteiger partial charge in [0.1, 0.15) is 0 Å². The summed E-state index contributed by atoms with van der Waals surface area (Å²) in [5.41, 5.74) is -0.334. The quantitative estimate of drug-likeness (QED) is 0.612. The Morgan fingerprint density at radius 1 is 1.10 bits per heavy atom. The number of likely N-dealkylation sites (N-methyl/N-ethyl adjacent to an activating group) is 1. The van der Waals surface area contributed by atoms with Gasteiger partial charge in [0, 0.05) is 19.6 Å². The highest BCUT2D eigenvalue weighted by molar-refractivity contribution is 4.83. The highest BCUT2D eigenvalue weighted by Gasteiger charge is 2.28. The van der Waals surface area contributed by atoms with Crippen LogP contribution in [0.25, 0.3) is 0 Å². The average molecular weight is 287 g/mol. The molecule has 1 unspecified atom stereocenters. The smallest absolute Gasteiger partial charge is 0.0718 e. The molecule has 0 spiro atoms. The molecule has 20 heavy (non-hydrogen) atoms. The van der Waals surface area contributed by atoms with E-state index in [9.17, 15) is 5.11 Å². The van der Waals surface area contributed by atoms with Crippen LogP contribution in [0.5, 0.6) is 0 Å². The van der Waals surface area contributed by atoms with Crippen LogP contribution in [0.2, 0.25) is 0 Å². The predicted molar refractivity (Wildman–Crippen MR) is 89.1 cm³/mol. The molecule has 0 aromatic rings. The number of rotatable bonds is 11. The van der Waals surface area contributed by atoms with Gasteiger partial charge in [0.15, 0.2) is 0 Å². The Labute approximate surface area is 127 Å². The molecule has 0 radical (unpaired) electrons. The third kappa shape index (κ3) is 9.73. The number of nitrogens with one attached hydrogen (secondary N) is 1. The van der Waals surface area contributed by atoms with Gasteiger partial charge < -0.3 is 15.3 Å². The van der Waals surface area contributed by atoms with Crippen molar-refractivity contribution in [2.24, 2.45) is 11.3 Å². The molecule has 0 saturated heterocycles. The zero-order chi connectivity index (χ0) is 15.8. The van der Waals surface area contributed by atoms with Crippen LogP contribution < -0.4 is 5.32 Å². The van der Waals surface area contributed by atoms with E-state index in [1.807, 2.05) is 13.8 Å². The van der Waals surface area contributed by atoms with Crippen molar-refractivity contribution in [3.05, 3.63) is 0 Å². The molecule has 0 aliphatic carbocycles. The molecule has 1 atom stereocenters. The summed E-state index contributed by atoms with van der Waals surface area (Å²) in [5, 5.41) is 13.7. The van der Waals surface area contributed by atoms with Crippen molar-refractivity contribution in [3.8, 4) is 0 Å². The third-order valence-electron chi connectivity index (χ3n) is 3.62. The second-order valence-corrected chi connectivity index (χ2v) is 7.70. The van der Waals surface area contributed by atoms with Crippen LogP contribution in [0, 0.1) is 11.3 Å². The van der Waals surface area contributed by atoms with E-state index in [4.69, 9.17) is 0 Å². The molecule has 0 fully saturated rings. The molecule has 0 heterocycles. The summed E-state index contributed by atoms with van der Waals surface area (Å²) in [6, 6.07) is 0. The molecule has 122 valence electrons. The average Bonchev–Trinajstić information content (AvgIpc) is 2.25. The fourth-order valence-electron chi connectivity index (χ4n) is 2.86. The minimum Gasteiger partial charge on any atom is -0.389 e. The molecule has 0 rings (SSSR count). The van der Waals surface area contributed by atoms with Crippen LogP contribution >= 0.6 is 0 Å². The zero-order valence-electron chi connectivity index (χ0n) is 14.9. The first kappa shape index (κ1) is 19.9. The van der Waals surface area contributed by atoms with E-state index in [0.717, 1.165) is 32.7 Å². The lowest BCUT2D eigenvalue weighted by Gasteiger charge is -2.38. The molecule has 0 aliphatic rings. The van der Waals surface area contributed by atoms with Crippen molar-refractivity contribution in [2.75, 3.05) is 32.7 Å². The fourth-order valence-corrected chi connectivity index (χ4v) is 2.86. The first-order valence-electron chi connectivity index (χ1n) is 8.27. The van der Waals surface area contributed by atoms with E-state index in [0.29, 0.717) is 5.92 Å². The Kier molecular flexibility index (Phi) is 8.96. The lowest BCUT2D eigenvalue weighted by molar-refractivity contribution is 0.0225. The maximum absolute atomic E-state index is 10.0. The molecule has 0 saturated carbocycles. The van der Waals surface area contributed by atoms with Gasteiger partial charge in [0.05, 0.1) is 5.60 Å². The van der Waals surface area contributed by atoms with Gasteiger partial charge in [0.25, 0.3) is 0 Å². The monoisotopic (exact) mass is 286 g/mol. The van der Waals surface area contributed by atoms with E-state index in [1.54, 1.807) is 0 Å². The lowest BCUT2D eigenvalue weighted by Crippen LogP contribution is -2.47. The zero-order valence-corrected chi connectivity index (χ0v) is 14.9. The van der Waals surface area contributed by atoms with Crippen molar-refractivity contribution in [1.82, 2.24) is 10.2 Å². The molecule has 3 heteroatoms. The summed E-state index contributed by atoms with van der Waals surface area (Å²) in [7, 11) is 0. The largest absolute Gasteiger partial charge is 0.389 e. The Morgan fingerprint density at radius 3 is 2.10 bits per heavy atom. The SMILES string of the molecule is CCCC(C)(CNCC(C)C)CN(CC)CC(C)(C)O. The number of hydrogen-bond acceptors (Lipinski definition) is 3. The van der Waals surface area contributed by atoms with Gasteiger partial charge in [-0.15, -0.1) is 0 Å². The standard InChI is InChI=1S/C17H38N2O/c1-8-10-17(7,12-18-11-15(3)4)14-19(9-2)13-16(5,6)20/h15,18,20H,8-14H2,1-7H3. The first-order chi connectivity index (χ1) is 9.12. The van der Waals surface area contributed by atoms with E-state index in [-0.39, 0.29) is 5.41 Å². The van der Waals surface area contributed by atoms with Crippen molar-refractivity contribution >= 4 is 0 Å². The number of aliphatic hydroxyl groups is 1. The summed E-state index contributed by atoms with van der Waals surface area (Å²) in [4.78, 5) is 2.38. The van der Waals surface area contributed by atoms with Crippen LogP contribution in [0.3, 0.4) is 0 Å². The Hall–Kier alpha value is -0.120. The van der Waals surface area contributed by atoms with Crippen LogP contribution in [0.15, 0.2) is 0 Å². The van der Waals surface area contributed by atoms with Crippen molar-refractivity contribution in [2.45, 2.75) is 66.9 Å². The summed E-state index contributed by atoms with van der Waals surface area (Å²) < 4.78 is 0. The van der Waals surface area contributed by atoms with E-state index >= 15 is 0 Å². The molecular formula is C17H38N2O. The van der Waals surface area contributed by atoms with Gasteiger partial charge in [-0.1, -0.05) is 41.0 Å². The third-order valence-corrected chi connectivity index (χ3v) is 3.62. The molecule has 3 nitrogen and oxygen atoms in total. The van der Waals surface area contributed by atoms with Crippen LogP contribution in [0.1, 0.15) is 61.3 Å². The summed E-state index contributed by atoms with van der Waals surface area (Å²) in [5.74, 6) is 0.694. The van der Waals surface area contributed by atoms with E-state index in [1.165, 1.54) is 12.8 Å². The minimum atomic E-state index is -0.617. The molecular weight excluding hydrogens is 248 g/mol. The molecule has 0 amide bonds. The molecule has 0 bridgehead atoms. The molecule has 0 aliphatic heterocycles. The van der Waals surface area contributed by atoms with Crippen LogP contribution in [-0.4, -0.2) is 48.3 Å². The molecule has 2 N–H and O–H groups in total. The topological polar surface area (TPSA) is 35.5 Å². The van der Waals surface area contributed by atoms with Crippen LogP contribution in [-0.2, 0) is 0 Å². The predicted octanol–water partition coefficient (Wildman–Crippen LogP) is 3.13. The highest BCUT2D eigenvalue weighted by Crippen LogP contribution is 2.24. The van der Waals surface area contributed by atoms with Crippen molar-refractivity contribution < 1.29 is 5.11 Å². The normalized spacial score (nSPS) is 15.9. The Morgan fingerprint density at radius 2 is 1.70 bits per heavy atom. The maximum Gasteiger partial charge on any atom is 0.0718 e. The minimum absolute atomic E-state index is 0.283. The second-order valence-electron chi connectivity index (χ2n) is 7.70. The Bertz CT molecular complexity index is 248. The second kappa shape index (κ2) is 9.01. The van der Waals surface area contributed by atoms with Gasteiger partial charge >= 0.3 is 0 Å². The van der Waals surface area contributed by atoms with Gasteiger partial charge in [-0.2, -0.15) is 0 Å². The van der Waals surface area contributed by atoms with Crippen molar-refractivity contribution in [3.63, 3.8) is 0 Å². The summed E-state index contributed by atoms with van der Waals surface area (Å²) in [6.07, 6.45) is 2.43. The van der Waals surface area contributed by atoms with Crippen LogP contribution in [0.4, 0.5) is 0 Å². The van der Waals surface area contributed by atoms with Gasteiger partial charge in [-0.3, -0.25) is 0 Å². The lowest BCUT2D eigenvalue weighted by atomic mass is 9.84. The van der Waals surface area contributed by atoms with Gasteiger partial charge in [0.2, 0.25) is 0 Å².